The van der Waals surface area contributed by atoms with Crippen LogP contribution in [0.3, 0.4) is 0 Å². The van der Waals surface area contributed by atoms with Crippen LogP contribution in [0.25, 0.3) is 11.1 Å². The lowest BCUT2D eigenvalue weighted by Crippen LogP contribution is -1.94. The molecule has 0 amide bonds. The third-order valence-electron chi connectivity index (χ3n) is 2.36. The van der Waals surface area contributed by atoms with Crippen molar-refractivity contribution in [1.29, 1.82) is 0 Å². The van der Waals surface area contributed by atoms with Crippen LogP contribution in [0.15, 0.2) is 42.5 Å². The monoisotopic (exact) mass is 284 g/mol. The molecule has 0 saturated carbocycles. The van der Waals surface area contributed by atoms with E-state index in [9.17, 15) is 4.79 Å². The van der Waals surface area contributed by atoms with Gasteiger partial charge in [0, 0.05) is 21.2 Å². The molecule has 0 aliphatic carbocycles. The van der Waals surface area contributed by atoms with Crippen LogP contribution >= 0.6 is 34.8 Å². The first kappa shape index (κ1) is 12.4. The van der Waals surface area contributed by atoms with Crippen LogP contribution < -0.4 is 0 Å². The van der Waals surface area contributed by atoms with Crippen molar-refractivity contribution in [2.24, 2.45) is 0 Å². The van der Waals surface area contributed by atoms with E-state index in [0.29, 0.717) is 21.2 Å². The molecular formula is C13H7Cl3O. The molecule has 0 aliphatic heterocycles. The van der Waals surface area contributed by atoms with Crippen molar-refractivity contribution in [1.82, 2.24) is 0 Å². The van der Waals surface area contributed by atoms with Gasteiger partial charge < -0.3 is 0 Å². The fourth-order valence-corrected chi connectivity index (χ4v) is 2.16. The molecule has 2 aromatic rings. The van der Waals surface area contributed by atoms with Crippen molar-refractivity contribution in [2.75, 3.05) is 0 Å². The molecule has 0 spiro atoms. The van der Waals surface area contributed by atoms with Gasteiger partial charge in [-0.15, -0.1) is 0 Å². The first-order chi connectivity index (χ1) is 8.09. The van der Waals surface area contributed by atoms with Gasteiger partial charge in [0.1, 0.15) is 0 Å². The van der Waals surface area contributed by atoms with Gasteiger partial charge in [-0.25, -0.2) is 0 Å². The molecule has 0 aromatic heterocycles. The first-order valence-corrected chi connectivity index (χ1v) is 5.97. The zero-order valence-corrected chi connectivity index (χ0v) is 10.9. The van der Waals surface area contributed by atoms with Crippen molar-refractivity contribution in [3.8, 4) is 11.1 Å². The molecule has 4 heteroatoms. The van der Waals surface area contributed by atoms with E-state index in [1.807, 2.05) is 0 Å². The van der Waals surface area contributed by atoms with Gasteiger partial charge in [-0.1, -0.05) is 41.4 Å². The Bertz CT molecular complexity index is 561. The van der Waals surface area contributed by atoms with Crippen LogP contribution in [0.2, 0.25) is 10.0 Å². The number of rotatable bonds is 2. The van der Waals surface area contributed by atoms with Crippen LogP contribution in [0.4, 0.5) is 0 Å². The SMILES string of the molecule is O=C(Cl)c1cccc(Cl)c1-c1ccc(Cl)cc1. The molecule has 0 heterocycles. The van der Waals surface area contributed by atoms with Crippen molar-refractivity contribution in [2.45, 2.75) is 0 Å². The highest BCUT2D eigenvalue weighted by atomic mass is 35.5. The molecule has 1 nitrogen and oxygen atoms in total. The molecule has 2 rings (SSSR count). The Morgan fingerprint density at radius 1 is 0.941 bits per heavy atom. The highest BCUT2D eigenvalue weighted by Gasteiger charge is 2.13. The first-order valence-electron chi connectivity index (χ1n) is 4.84. The van der Waals surface area contributed by atoms with Gasteiger partial charge in [-0.05, 0) is 41.4 Å². The lowest BCUT2D eigenvalue weighted by molar-refractivity contribution is 0.108. The Hall–Kier alpha value is -1.02. The van der Waals surface area contributed by atoms with E-state index < -0.39 is 5.24 Å². The van der Waals surface area contributed by atoms with E-state index in [0.717, 1.165) is 5.56 Å². The molecule has 0 unspecified atom stereocenters. The molecule has 0 radical (unpaired) electrons. The van der Waals surface area contributed by atoms with Crippen molar-refractivity contribution in [3.63, 3.8) is 0 Å². The summed E-state index contributed by atoms with van der Waals surface area (Å²) in [6.07, 6.45) is 0. The molecule has 0 aliphatic rings. The zero-order chi connectivity index (χ0) is 12.4. The summed E-state index contributed by atoms with van der Waals surface area (Å²) in [4.78, 5) is 11.3. The quantitative estimate of drug-likeness (QED) is 0.707. The summed E-state index contributed by atoms with van der Waals surface area (Å²) in [7, 11) is 0. The molecule has 0 fully saturated rings. The Balaban J connectivity index is 2.65. The van der Waals surface area contributed by atoms with Crippen LogP contribution in [-0.2, 0) is 0 Å². The van der Waals surface area contributed by atoms with Gasteiger partial charge in [-0.3, -0.25) is 4.79 Å². The second-order valence-electron chi connectivity index (χ2n) is 3.44. The maximum Gasteiger partial charge on any atom is 0.253 e. The van der Waals surface area contributed by atoms with E-state index in [1.54, 1.807) is 42.5 Å². The second kappa shape index (κ2) is 5.09. The fraction of sp³-hybridized carbons (Fsp3) is 0. The number of hydrogen-bond donors (Lipinski definition) is 0. The molecule has 2 aromatic carbocycles. The lowest BCUT2D eigenvalue weighted by atomic mass is 10.0. The minimum Gasteiger partial charge on any atom is -0.276 e. The molecule has 0 atom stereocenters. The maximum atomic E-state index is 11.3. The summed E-state index contributed by atoms with van der Waals surface area (Å²) in [5.74, 6) is 0. The van der Waals surface area contributed by atoms with E-state index in [-0.39, 0.29) is 0 Å². The summed E-state index contributed by atoms with van der Waals surface area (Å²) in [5, 5.41) is 0.579. The average Bonchev–Trinajstić information content (AvgIpc) is 2.30. The summed E-state index contributed by atoms with van der Waals surface area (Å²) in [5.41, 5.74) is 1.83. The van der Waals surface area contributed by atoms with Crippen molar-refractivity contribution >= 4 is 40.0 Å². The van der Waals surface area contributed by atoms with Gasteiger partial charge in [-0.2, -0.15) is 0 Å². The van der Waals surface area contributed by atoms with Gasteiger partial charge in [0.2, 0.25) is 0 Å². The van der Waals surface area contributed by atoms with Crippen LogP contribution in [0, 0.1) is 0 Å². The number of hydrogen-bond acceptors (Lipinski definition) is 1. The normalized spacial score (nSPS) is 10.3. The lowest BCUT2D eigenvalue weighted by Gasteiger charge is -2.08. The highest BCUT2D eigenvalue weighted by Crippen LogP contribution is 2.32. The van der Waals surface area contributed by atoms with Gasteiger partial charge in [0.05, 0.1) is 0 Å². The predicted molar refractivity (Wildman–Crippen MR) is 72.1 cm³/mol. The molecular weight excluding hydrogens is 279 g/mol. The number of carbonyl (C=O) groups excluding carboxylic acids is 1. The van der Waals surface area contributed by atoms with E-state index >= 15 is 0 Å². The Morgan fingerprint density at radius 2 is 1.59 bits per heavy atom. The molecule has 86 valence electrons. The third kappa shape index (κ3) is 2.63. The largest absolute Gasteiger partial charge is 0.276 e. The zero-order valence-electron chi connectivity index (χ0n) is 8.58. The molecule has 0 saturated heterocycles. The summed E-state index contributed by atoms with van der Waals surface area (Å²) in [6, 6.07) is 12.1. The van der Waals surface area contributed by atoms with Crippen molar-refractivity contribution in [3.05, 3.63) is 58.1 Å². The summed E-state index contributed by atoms with van der Waals surface area (Å²) < 4.78 is 0. The highest BCUT2D eigenvalue weighted by molar-refractivity contribution is 6.68. The van der Waals surface area contributed by atoms with E-state index in [2.05, 4.69) is 0 Å². The molecule has 0 bridgehead atoms. The molecule has 17 heavy (non-hydrogen) atoms. The predicted octanol–water partition coefficient (Wildman–Crippen LogP) is 5.04. The van der Waals surface area contributed by atoms with Crippen molar-refractivity contribution < 1.29 is 4.79 Å². The minimum absolute atomic E-state index is 0.390. The summed E-state index contributed by atoms with van der Waals surface area (Å²) in [6.45, 7) is 0. The van der Waals surface area contributed by atoms with Crippen LogP contribution in [0.1, 0.15) is 10.4 Å². The molecule has 0 N–H and O–H groups in total. The van der Waals surface area contributed by atoms with E-state index in [4.69, 9.17) is 34.8 Å². The van der Waals surface area contributed by atoms with E-state index in [1.165, 1.54) is 0 Å². The van der Waals surface area contributed by atoms with Crippen LogP contribution in [-0.4, -0.2) is 5.24 Å². The van der Waals surface area contributed by atoms with Gasteiger partial charge in [0.25, 0.3) is 5.24 Å². The number of halogens is 3. The standard InChI is InChI=1S/C13H7Cl3O/c14-9-6-4-8(5-7-9)12-10(13(16)17)2-1-3-11(12)15/h1-7H. The Kier molecular flexibility index (Phi) is 3.72. The fourth-order valence-electron chi connectivity index (χ4n) is 1.60. The van der Waals surface area contributed by atoms with Gasteiger partial charge in [0.15, 0.2) is 0 Å². The topological polar surface area (TPSA) is 17.1 Å². The smallest absolute Gasteiger partial charge is 0.253 e. The Labute approximate surface area is 114 Å². The van der Waals surface area contributed by atoms with Gasteiger partial charge >= 0.3 is 0 Å². The number of carbonyl (C=O) groups is 1. The minimum atomic E-state index is -0.530. The van der Waals surface area contributed by atoms with Crippen LogP contribution in [0.5, 0.6) is 0 Å². The summed E-state index contributed by atoms with van der Waals surface area (Å²) >= 11 is 17.5. The average molecular weight is 286 g/mol. The third-order valence-corrected chi connectivity index (χ3v) is 3.13. The maximum absolute atomic E-state index is 11.3. The second-order valence-corrected chi connectivity index (χ2v) is 4.63. The Morgan fingerprint density at radius 3 is 2.18 bits per heavy atom. The number of benzene rings is 2.